The van der Waals surface area contributed by atoms with Gasteiger partial charge in [0.15, 0.2) is 5.96 Å². The number of nitrogens with one attached hydrogen (secondary N) is 2. The number of guanidine groups is 1. The van der Waals surface area contributed by atoms with Gasteiger partial charge in [-0.25, -0.2) is 0 Å². The lowest BCUT2D eigenvalue weighted by molar-refractivity contribution is -0.118. The number of carbonyl (C=O) groups is 1. The van der Waals surface area contributed by atoms with Crippen LogP contribution >= 0.6 is 24.0 Å². The van der Waals surface area contributed by atoms with Gasteiger partial charge in [-0.3, -0.25) is 14.7 Å². The van der Waals surface area contributed by atoms with Crippen LogP contribution in [-0.4, -0.2) is 86.7 Å². The molecule has 0 saturated carbocycles. The number of hydrogen-bond donors (Lipinski definition) is 2. The molecule has 2 saturated heterocycles. The molecule has 134 valence electrons. The second-order valence-corrected chi connectivity index (χ2v) is 5.76. The van der Waals surface area contributed by atoms with Gasteiger partial charge in [-0.1, -0.05) is 0 Å². The summed E-state index contributed by atoms with van der Waals surface area (Å²) in [5, 5.41) is 6.14. The number of hydrogen-bond acceptors (Lipinski definition) is 4. The van der Waals surface area contributed by atoms with Crippen molar-refractivity contribution in [3.05, 3.63) is 0 Å². The van der Waals surface area contributed by atoms with Gasteiger partial charge < -0.3 is 20.3 Å². The monoisotopic (exact) mass is 439 g/mol. The van der Waals surface area contributed by atoms with Crippen LogP contribution in [0.5, 0.6) is 0 Å². The van der Waals surface area contributed by atoms with Crippen molar-refractivity contribution < 1.29 is 9.53 Å². The zero-order chi connectivity index (χ0) is 15.8. The predicted molar refractivity (Wildman–Crippen MR) is 102 cm³/mol. The number of nitrogens with zero attached hydrogens (tertiary/aromatic N) is 3. The fraction of sp³-hybridized carbons (Fsp3) is 0.867. The maximum absolute atomic E-state index is 10.9. The summed E-state index contributed by atoms with van der Waals surface area (Å²) in [6.45, 7) is 11.5. The Hall–Kier alpha value is -0.610. The molecule has 1 amide bonds. The Morgan fingerprint density at radius 3 is 2.65 bits per heavy atom. The molecular formula is C15H30IN5O2. The van der Waals surface area contributed by atoms with Gasteiger partial charge in [0, 0.05) is 52.2 Å². The maximum Gasteiger partial charge on any atom is 0.216 e. The lowest BCUT2D eigenvalue weighted by atomic mass is 10.2. The van der Waals surface area contributed by atoms with Gasteiger partial charge in [0.25, 0.3) is 0 Å². The van der Waals surface area contributed by atoms with Gasteiger partial charge in [0.05, 0.1) is 19.8 Å². The molecule has 23 heavy (non-hydrogen) atoms. The molecule has 2 fully saturated rings. The number of likely N-dealkylation sites (tertiary alicyclic amines) is 1. The molecule has 0 aromatic carbocycles. The summed E-state index contributed by atoms with van der Waals surface area (Å²) in [7, 11) is 0. The van der Waals surface area contributed by atoms with Crippen molar-refractivity contribution in [1.29, 1.82) is 0 Å². The van der Waals surface area contributed by atoms with E-state index in [-0.39, 0.29) is 29.9 Å². The van der Waals surface area contributed by atoms with Gasteiger partial charge in [0.1, 0.15) is 0 Å². The Kier molecular flexibility index (Phi) is 9.80. The molecule has 7 nitrogen and oxygen atoms in total. The van der Waals surface area contributed by atoms with Crippen LogP contribution in [0.4, 0.5) is 0 Å². The molecule has 2 aliphatic rings. The number of rotatable bonds is 5. The van der Waals surface area contributed by atoms with Crippen LogP contribution < -0.4 is 10.6 Å². The largest absolute Gasteiger partial charge is 0.379 e. The Balaban J connectivity index is 0.00000264. The summed E-state index contributed by atoms with van der Waals surface area (Å²) in [5.41, 5.74) is 0. The molecule has 2 rings (SSSR count). The highest BCUT2D eigenvalue weighted by molar-refractivity contribution is 14.0. The van der Waals surface area contributed by atoms with Gasteiger partial charge >= 0.3 is 0 Å². The first kappa shape index (κ1) is 20.4. The SMILES string of the molecule is CCNC(=NCCNC(C)=O)N1CCC(N2CCOCC2)C1.I. The van der Waals surface area contributed by atoms with E-state index in [9.17, 15) is 4.79 Å². The first-order valence-corrected chi connectivity index (χ1v) is 8.30. The highest BCUT2D eigenvalue weighted by Gasteiger charge is 2.30. The first-order valence-electron chi connectivity index (χ1n) is 8.30. The fourth-order valence-corrected chi connectivity index (χ4v) is 2.99. The zero-order valence-corrected chi connectivity index (χ0v) is 16.5. The minimum Gasteiger partial charge on any atom is -0.379 e. The Morgan fingerprint density at radius 1 is 1.26 bits per heavy atom. The zero-order valence-electron chi connectivity index (χ0n) is 14.2. The van der Waals surface area contributed by atoms with Crippen LogP contribution in [0.2, 0.25) is 0 Å². The van der Waals surface area contributed by atoms with E-state index < -0.39 is 0 Å². The van der Waals surface area contributed by atoms with E-state index in [2.05, 4.69) is 32.3 Å². The molecule has 0 aromatic heterocycles. The van der Waals surface area contributed by atoms with Crippen molar-refractivity contribution in [3.63, 3.8) is 0 Å². The van der Waals surface area contributed by atoms with E-state index in [0.29, 0.717) is 19.1 Å². The molecule has 0 bridgehead atoms. The molecule has 0 radical (unpaired) electrons. The summed E-state index contributed by atoms with van der Waals surface area (Å²) in [4.78, 5) is 20.4. The summed E-state index contributed by atoms with van der Waals surface area (Å²) in [6.07, 6.45) is 1.18. The smallest absolute Gasteiger partial charge is 0.216 e. The Bertz CT molecular complexity index is 388. The third-order valence-electron chi connectivity index (χ3n) is 4.11. The summed E-state index contributed by atoms with van der Waals surface area (Å²) in [6, 6.07) is 0.600. The van der Waals surface area contributed by atoms with E-state index >= 15 is 0 Å². The summed E-state index contributed by atoms with van der Waals surface area (Å²) < 4.78 is 5.43. The van der Waals surface area contributed by atoms with E-state index in [1.54, 1.807) is 0 Å². The van der Waals surface area contributed by atoms with E-state index in [4.69, 9.17) is 4.74 Å². The first-order chi connectivity index (χ1) is 10.7. The summed E-state index contributed by atoms with van der Waals surface area (Å²) >= 11 is 0. The molecule has 2 aliphatic heterocycles. The Morgan fingerprint density at radius 2 is 2.00 bits per heavy atom. The van der Waals surface area contributed by atoms with E-state index in [1.807, 2.05) is 0 Å². The molecule has 0 aliphatic carbocycles. The van der Waals surface area contributed by atoms with E-state index in [1.165, 1.54) is 13.3 Å². The van der Waals surface area contributed by atoms with E-state index in [0.717, 1.165) is 51.9 Å². The minimum absolute atomic E-state index is 0. The number of morpholine rings is 1. The van der Waals surface area contributed by atoms with Crippen LogP contribution in [0.25, 0.3) is 0 Å². The van der Waals surface area contributed by atoms with Crippen molar-refractivity contribution in [3.8, 4) is 0 Å². The molecular weight excluding hydrogens is 409 g/mol. The average molecular weight is 439 g/mol. The number of ether oxygens (including phenoxy) is 1. The number of halogens is 1. The predicted octanol–water partition coefficient (Wildman–Crippen LogP) is 0.113. The fourth-order valence-electron chi connectivity index (χ4n) is 2.99. The number of carbonyl (C=O) groups excluding carboxylic acids is 1. The highest BCUT2D eigenvalue weighted by Crippen LogP contribution is 2.17. The van der Waals surface area contributed by atoms with Gasteiger partial charge in [-0.2, -0.15) is 0 Å². The third-order valence-corrected chi connectivity index (χ3v) is 4.11. The molecule has 1 unspecified atom stereocenters. The van der Waals surface area contributed by atoms with Crippen molar-refractivity contribution in [1.82, 2.24) is 20.4 Å². The van der Waals surface area contributed by atoms with Gasteiger partial charge in [-0.15, -0.1) is 24.0 Å². The second kappa shape index (κ2) is 11.0. The molecule has 0 spiro atoms. The lowest BCUT2D eigenvalue weighted by Crippen LogP contribution is -2.46. The third kappa shape index (κ3) is 6.80. The van der Waals surface area contributed by atoms with Crippen LogP contribution in [0, 0.1) is 0 Å². The van der Waals surface area contributed by atoms with Crippen LogP contribution in [0.1, 0.15) is 20.3 Å². The highest BCUT2D eigenvalue weighted by atomic mass is 127. The molecule has 2 heterocycles. The maximum atomic E-state index is 10.9. The minimum atomic E-state index is -0.00578. The average Bonchev–Trinajstić information content (AvgIpc) is 3.01. The summed E-state index contributed by atoms with van der Waals surface area (Å²) in [5.74, 6) is 0.956. The normalized spacial score (nSPS) is 22.6. The van der Waals surface area contributed by atoms with Crippen molar-refractivity contribution in [2.24, 2.45) is 4.99 Å². The van der Waals surface area contributed by atoms with Crippen molar-refractivity contribution >= 4 is 35.8 Å². The van der Waals surface area contributed by atoms with Crippen molar-refractivity contribution in [2.45, 2.75) is 26.3 Å². The molecule has 8 heteroatoms. The number of amides is 1. The topological polar surface area (TPSA) is 69.2 Å². The molecule has 0 aromatic rings. The van der Waals surface area contributed by atoms with Crippen LogP contribution in [0.3, 0.4) is 0 Å². The second-order valence-electron chi connectivity index (χ2n) is 5.76. The Labute approximate surface area is 156 Å². The van der Waals surface area contributed by atoms with Crippen LogP contribution in [0.15, 0.2) is 4.99 Å². The van der Waals surface area contributed by atoms with Crippen molar-refractivity contribution in [2.75, 3.05) is 59.0 Å². The van der Waals surface area contributed by atoms with Gasteiger partial charge in [-0.05, 0) is 13.3 Å². The quantitative estimate of drug-likeness (QED) is 0.276. The number of aliphatic imine (C=N–C) groups is 1. The molecule has 2 N–H and O–H groups in total. The van der Waals surface area contributed by atoms with Crippen LogP contribution in [-0.2, 0) is 9.53 Å². The lowest BCUT2D eigenvalue weighted by Gasteiger charge is -2.32. The van der Waals surface area contributed by atoms with Gasteiger partial charge in [0.2, 0.25) is 5.91 Å². The standard InChI is InChI=1S/C15H29N5O2.HI/c1-3-16-15(18-6-5-17-13(2)21)20-7-4-14(12-20)19-8-10-22-11-9-19;/h14H,3-12H2,1-2H3,(H,16,18)(H,17,21);1H. The molecule has 1 atom stereocenters.